The predicted molar refractivity (Wildman–Crippen MR) is 80.4 cm³/mol. The van der Waals surface area contributed by atoms with Gasteiger partial charge in [0.05, 0.1) is 24.4 Å². The average Bonchev–Trinajstić information content (AvgIpc) is 2.79. The molecule has 7 heteroatoms. The van der Waals surface area contributed by atoms with Crippen LogP contribution in [0.15, 0.2) is 12.1 Å². The number of anilines is 1. The maximum absolute atomic E-state index is 12.0. The van der Waals surface area contributed by atoms with E-state index in [1.807, 2.05) is 6.92 Å². The summed E-state index contributed by atoms with van der Waals surface area (Å²) in [4.78, 5) is 25.0. The molecule has 0 saturated carbocycles. The molecule has 108 valence electrons. The summed E-state index contributed by atoms with van der Waals surface area (Å²) in [5.41, 5.74) is 1.40. The molecule has 0 unspecified atom stereocenters. The largest absolute Gasteiger partial charge is 0.495 e. The molecule has 0 bridgehead atoms. The first-order chi connectivity index (χ1) is 9.51. The molecule has 1 aromatic carbocycles. The average molecular weight is 315 g/mol. The normalized spacial score (nSPS) is 14.6. The van der Waals surface area contributed by atoms with E-state index in [0.29, 0.717) is 28.1 Å². The second-order valence-electron chi connectivity index (χ2n) is 4.42. The fourth-order valence-electron chi connectivity index (χ4n) is 1.83. The number of methoxy groups -OCH3 is 1. The zero-order valence-corrected chi connectivity index (χ0v) is 12.8. The Balaban J connectivity index is 2.07. The van der Waals surface area contributed by atoms with Crippen LogP contribution in [0.5, 0.6) is 5.75 Å². The summed E-state index contributed by atoms with van der Waals surface area (Å²) in [5, 5.41) is 3.33. The molecular weight excluding hydrogens is 300 g/mol. The van der Waals surface area contributed by atoms with E-state index in [1.165, 1.54) is 23.8 Å². The predicted octanol–water partition coefficient (Wildman–Crippen LogP) is 2.13. The molecule has 0 aliphatic carbocycles. The van der Waals surface area contributed by atoms with Crippen molar-refractivity contribution in [2.75, 3.05) is 30.6 Å². The molecule has 5 nitrogen and oxygen atoms in total. The standard InChI is InChI=1S/C13H15ClN2O3S/c1-8-3-10(11(19-2)4-9(8)14)15-12(17)5-16-7-20-6-13(16)18/h3-4H,5-7H2,1-2H3,(H,15,17). The number of carbonyl (C=O) groups excluding carboxylic acids is 2. The Morgan fingerprint density at radius 2 is 2.30 bits per heavy atom. The van der Waals surface area contributed by atoms with E-state index in [2.05, 4.69) is 5.32 Å². The maximum Gasteiger partial charge on any atom is 0.244 e. The van der Waals surface area contributed by atoms with Gasteiger partial charge in [-0.05, 0) is 18.6 Å². The summed E-state index contributed by atoms with van der Waals surface area (Å²) >= 11 is 7.51. The minimum Gasteiger partial charge on any atom is -0.495 e. The third-order valence-electron chi connectivity index (χ3n) is 2.91. The van der Waals surface area contributed by atoms with Crippen LogP contribution in [-0.4, -0.2) is 42.0 Å². The Kier molecular flexibility index (Phi) is 4.77. The number of nitrogens with one attached hydrogen (secondary N) is 1. The van der Waals surface area contributed by atoms with Crippen LogP contribution >= 0.6 is 23.4 Å². The maximum atomic E-state index is 12.0. The van der Waals surface area contributed by atoms with Crippen molar-refractivity contribution in [3.8, 4) is 5.75 Å². The fourth-order valence-corrected chi connectivity index (χ4v) is 2.89. The highest BCUT2D eigenvalue weighted by Crippen LogP contribution is 2.31. The van der Waals surface area contributed by atoms with Crippen LogP contribution in [0.25, 0.3) is 0 Å². The van der Waals surface area contributed by atoms with Crippen molar-refractivity contribution in [3.05, 3.63) is 22.7 Å². The van der Waals surface area contributed by atoms with Crippen molar-refractivity contribution in [2.24, 2.45) is 0 Å². The van der Waals surface area contributed by atoms with E-state index in [4.69, 9.17) is 16.3 Å². The molecule has 2 amide bonds. The zero-order valence-electron chi connectivity index (χ0n) is 11.2. The van der Waals surface area contributed by atoms with Crippen LogP contribution < -0.4 is 10.1 Å². The highest BCUT2D eigenvalue weighted by molar-refractivity contribution is 8.00. The van der Waals surface area contributed by atoms with E-state index in [1.54, 1.807) is 12.1 Å². The van der Waals surface area contributed by atoms with Gasteiger partial charge in [0.25, 0.3) is 0 Å². The summed E-state index contributed by atoms with van der Waals surface area (Å²) in [7, 11) is 1.51. The lowest BCUT2D eigenvalue weighted by atomic mass is 10.2. The first kappa shape index (κ1) is 15.0. The van der Waals surface area contributed by atoms with Crippen molar-refractivity contribution in [1.29, 1.82) is 0 Å². The topological polar surface area (TPSA) is 58.6 Å². The summed E-state index contributed by atoms with van der Waals surface area (Å²) in [6.45, 7) is 1.90. The monoisotopic (exact) mass is 314 g/mol. The van der Waals surface area contributed by atoms with Gasteiger partial charge in [-0.1, -0.05) is 11.6 Å². The second-order valence-corrected chi connectivity index (χ2v) is 5.78. The van der Waals surface area contributed by atoms with Gasteiger partial charge in [0.15, 0.2) is 0 Å². The Morgan fingerprint density at radius 1 is 1.55 bits per heavy atom. The van der Waals surface area contributed by atoms with Gasteiger partial charge < -0.3 is 15.0 Å². The van der Waals surface area contributed by atoms with Gasteiger partial charge >= 0.3 is 0 Å². The SMILES string of the molecule is COc1cc(Cl)c(C)cc1NC(=O)CN1CSCC1=O. The van der Waals surface area contributed by atoms with Crippen LogP contribution in [0, 0.1) is 6.92 Å². The third kappa shape index (κ3) is 3.37. The van der Waals surface area contributed by atoms with E-state index < -0.39 is 0 Å². The number of hydrogen-bond donors (Lipinski definition) is 1. The molecular formula is C13H15ClN2O3S. The number of rotatable bonds is 4. The Bertz CT molecular complexity index is 551. The van der Waals surface area contributed by atoms with Crippen molar-refractivity contribution in [3.63, 3.8) is 0 Å². The van der Waals surface area contributed by atoms with Crippen LogP contribution in [-0.2, 0) is 9.59 Å². The lowest BCUT2D eigenvalue weighted by molar-refractivity contribution is -0.130. The summed E-state index contributed by atoms with van der Waals surface area (Å²) in [6.07, 6.45) is 0. The number of aryl methyl sites for hydroxylation is 1. The second kappa shape index (κ2) is 6.37. The first-order valence-corrected chi connectivity index (χ1v) is 7.54. The van der Waals surface area contributed by atoms with Crippen LogP contribution in [0.1, 0.15) is 5.56 Å². The quantitative estimate of drug-likeness (QED) is 0.925. The molecule has 20 heavy (non-hydrogen) atoms. The first-order valence-electron chi connectivity index (χ1n) is 6.00. The number of nitrogens with zero attached hydrogens (tertiary/aromatic N) is 1. The van der Waals surface area contributed by atoms with Crippen molar-refractivity contribution in [2.45, 2.75) is 6.92 Å². The van der Waals surface area contributed by atoms with Gasteiger partial charge in [-0.2, -0.15) is 0 Å². The van der Waals surface area contributed by atoms with Gasteiger partial charge in [-0.25, -0.2) is 0 Å². The highest BCUT2D eigenvalue weighted by Gasteiger charge is 2.23. The lowest BCUT2D eigenvalue weighted by Gasteiger charge is -2.16. The Morgan fingerprint density at radius 3 is 2.90 bits per heavy atom. The third-order valence-corrected chi connectivity index (χ3v) is 4.27. The van der Waals surface area contributed by atoms with Gasteiger partial charge in [-0.3, -0.25) is 9.59 Å². The molecule has 1 aromatic rings. The molecule has 1 saturated heterocycles. The number of thioether (sulfide) groups is 1. The number of ether oxygens (including phenoxy) is 1. The summed E-state index contributed by atoms with van der Waals surface area (Å²) in [6, 6.07) is 3.41. The van der Waals surface area contributed by atoms with E-state index in [0.717, 1.165) is 5.56 Å². The van der Waals surface area contributed by atoms with Crippen molar-refractivity contribution >= 4 is 40.9 Å². The number of carbonyl (C=O) groups is 2. The smallest absolute Gasteiger partial charge is 0.244 e. The molecule has 1 fully saturated rings. The number of halogens is 1. The Hall–Kier alpha value is -1.40. The zero-order chi connectivity index (χ0) is 14.7. The van der Waals surface area contributed by atoms with Gasteiger partial charge in [0.2, 0.25) is 11.8 Å². The minimum atomic E-state index is -0.249. The number of benzene rings is 1. The highest BCUT2D eigenvalue weighted by atomic mass is 35.5. The number of hydrogen-bond acceptors (Lipinski definition) is 4. The van der Waals surface area contributed by atoms with E-state index in [-0.39, 0.29) is 18.4 Å². The molecule has 2 rings (SSSR count). The number of amides is 2. The molecule has 1 heterocycles. The molecule has 1 aliphatic heterocycles. The fraction of sp³-hybridized carbons (Fsp3) is 0.385. The van der Waals surface area contributed by atoms with Gasteiger partial charge in [0.1, 0.15) is 12.3 Å². The summed E-state index contributed by atoms with van der Waals surface area (Å²) in [5.74, 6) is 1.24. The molecule has 0 aromatic heterocycles. The van der Waals surface area contributed by atoms with E-state index >= 15 is 0 Å². The van der Waals surface area contributed by atoms with Gasteiger partial charge in [0, 0.05) is 11.1 Å². The van der Waals surface area contributed by atoms with Crippen molar-refractivity contribution in [1.82, 2.24) is 4.90 Å². The van der Waals surface area contributed by atoms with Crippen LogP contribution in [0.4, 0.5) is 5.69 Å². The minimum absolute atomic E-state index is 0.00981. The Labute approximate surface area is 126 Å². The molecule has 1 aliphatic rings. The van der Waals surface area contributed by atoms with Crippen molar-refractivity contribution < 1.29 is 14.3 Å². The molecule has 0 radical (unpaired) electrons. The lowest BCUT2D eigenvalue weighted by Crippen LogP contribution is -2.34. The molecule has 0 spiro atoms. The summed E-state index contributed by atoms with van der Waals surface area (Å²) < 4.78 is 5.19. The molecule has 0 atom stereocenters. The van der Waals surface area contributed by atoms with Crippen LogP contribution in [0.2, 0.25) is 5.02 Å². The molecule has 1 N–H and O–H groups in total. The van der Waals surface area contributed by atoms with Crippen LogP contribution in [0.3, 0.4) is 0 Å². The van der Waals surface area contributed by atoms with Gasteiger partial charge in [-0.15, -0.1) is 11.8 Å². The van der Waals surface area contributed by atoms with E-state index in [9.17, 15) is 9.59 Å².